The van der Waals surface area contributed by atoms with E-state index in [1.54, 1.807) is 31.3 Å². The van der Waals surface area contributed by atoms with Crippen molar-refractivity contribution in [3.63, 3.8) is 0 Å². The van der Waals surface area contributed by atoms with Crippen molar-refractivity contribution >= 4 is 38.9 Å². The molecule has 228 valence electrons. The van der Waals surface area contributed by atoms with Crippen LogP contribution in [0.2, 0.25) is 0 Å². The van der Waals surface area contributed by atoms with Crippen molar-refractivity contribution in [2.45, 2.75) is 75.8 Å². The summed E-state index contributed by atoms with van der Waals surface area (Å²) in [5.41, 5.74) is 1.88. The van der Waals surface area contributed by atoms with E-state index in [0.717, 1.165) is 43.5 Å². The lowest BCUT2D eigenvalue weighted by Crippen LogP contribution is -2.49. The molecule has 1 unspecified atom stereocenters. The molecule has 2 aliphatic carbocycles. The molecule has 1 aromatic heterocycles. The number of anilines is 1. The van der Waals surface area contributed by atoms with E-state index < -0.39 is 26.8 Å². The Kier molecular flexibility index (Phi) is 8.26. The first-order chi connectivity index (χ1) is 20.6. The minimum Gasteiger partial charge on any atom is -0.478 e. The number of amides is 2. The Morgan fingerprint density at radius 2 is 1.79 bits per heavy atom. The minimum atomic E-state index is -3.66. The van der Waals surface area contributed by atoms with Crippen molar-refractivity contribution < 1.29 is 22.7 Å². The van der Waals surface area contributed by atoms with Crippen LogP contribution in [0.25, 0.3) is 10.4 Å². The van der Waals surface area contributed by atoms with Crippen LogP contribution in [-0.4, -0.2) is 55.1 Å². The first kappa shape index (κ1) is 29.7. The lowest BCUT2D eigenvalue weighted by atomic mass is 9.95. The summed E-state index contributed by atoms with van der Waals surface area (Å²) in [5.74, 6) is -0.0916. The maximum absolute atomic E-state index is 13.9. The van der Waals surface area contributed by atoms with E-state index in [0.29, 0.717) is 37.7 Å². The van der Waals surface area contributed by atoms with E-state index in [1.807, 2.05) is 18.2 Å². The second-order valence-corrected chi connectivity index (χ2v) is 15.4. The van der Waals surface area contributed by atoms with Gasteiger partial charge in [-0.05, 0) is 87.1 Å². The van der Waals surface area contributed by atoms with E-state index in [9.17, 15) is 18.0 Å². The number of carbonyl (C=O) groups excluding carboxylic acids is 2. The zero-order valence-corrected chi connectivity index (χ0v) is 26.3. The normalized spacial score (nSPS) is 19.1. The van der Waals surface area contributed by atoms with Crippen molar-refractivity contribution in [3.8, 4) is 16.2 Å². The van der Waals surface area contributed by atoms with Crippen LogP contribution in [0.1, 0.15) is 57.9 Å². The number of benzene rings is 2. The molecule has 2 amide bonds. The summed E-state index contributed by atoms with van der Waals surface area (Å²) in [4.78, 5) is 32.2. The number of ether oxygens (including phenoxy) is 1. The molecule has 43 heavy (non-hydrogen) atoms. The second-order valence-electron chi connectivity index (χ2n) is 12.4. The predicted molar refractivity (Wildman–Crippen MR) is 169 cm³/mol. The van der Waals surface area contributed by atoms with Crippen molar-refractivity contribution in [1.29, 1.82) is 0 Å². The molecule has 2 heterocycles. The average molecular weight is 622 g/mol. The van der Waals surface area contributed by atoms with Crippen LogP contribution in [0, 0.1) is 5.92 Å². The smallest absolute Gasteiger partial charge is 0.277 e. The first-order valence-corrected chi connectivity index (χ1v) is 17.5. The van der Waals surface area contributed by atoms with Crippen LogP contribution < -0.4 is 14.4 Å². The molecule has 2 aromatic carbocycles. The van der Waals surface area contributed by atoms with Crippen LogP contribution in [-0.2, 0) is 26.2 Å². The van der Waals surface area contributed by atoms with Crippen molar-refractivity contribution in [2.24, 2.45) is 5.92 Å². The Balaban J connectivity index is 1.10. The van der Waals surface area contributed by atoms with Crippen LogP contribution in [0.3, 0.4) is 0 Å². The summed E-state index contributed by atoms with van der Waals surface area (Å²) in [5, 5.41) is 1.59. The van der Waals surface area contributed by atoms with Crippen LogP contribution in [0.5, 0.6) is 5.75 Å². The molecule has 0 spiro atoms. The third-order valence-electron chi connectivity index (χ3n) is 8.45. The van der Waals surface area contributed by atoms with Gasteiger partial charge >= 0.3 is 0 Å². The number of hydrogen-bond donors (Lipinski definition) is 1. The molecular formula is C33H39N3O5S2. The number of sulfonamides is 1. The zero-order valence-electron chi connectivity index (χ0n) is 24.7. The molecule has 1 saturated heterocycles. The predicted octanol–water partition coefficient (Wildman–Crippen LogP) is 5.59. The summed E-state index contributed by atoms with van der Waals surface area (Å²) in [6, 6.07) is 20.5. The van der Waals surface area contributed by atoms with E-state index in [2.05, 4.69) is 56.3 Å². The number of nitrogens with one attached hydrogen (secondary N) is 1. The highest BCUT2D eigenvalue weighted by Crippen LogP contribution is 2.34. The molecule has 8 nitrogen and oxygen atoms in total. The number of hydrogen-bond acceptors (Lipinski definition) is 7. The van der Waals surface area contributed by atoms with Crippen LogP contribution in [0.15, 0.2) is 66.0 Å². The van der Waals surface area contributed by atoms with Gasteiger partial charge in [-0.1, -0.05) is 36.4 Å². The highest BCUT2D eigenvalue weighted by atomic mass is 32.2. The number of rotatable bonds is 11. The number of nitrogens with zero attached hydrogens (tertiary/aromatic N) is 2. The monoisotopic (exact) mass is 621 g/mol. The molecule has 3 aliphatic rings. The van der Waals surface area contributed by atoms with Crippen molar-refractivity contribution in [1.82, 2.24) is 9.62 Å². The van der Waals surface area contributed by atoms with E-state index in [-0.39, 0.29) is 11.8 Å². The maximum Gasteiger partial charge on any atom is 0.277 e. The highest BCUT2D eigenvalue weighted by molar-refractivity contribution is 7.90. The molecule has 3 aromatic rings. The highest BCUT2D eigenvalue weighted by Gasteiger charge is 2.41. The molecule has 1 aliphatic heterocycles. The summed E-state index contributed by atoms with van der Waals surface area (Å²) in [6.07, 6.45) is 5.02. The SMILES string of the molecule is CC(C)(Oc1cccc(N2CCCC(C(=O)N(Cc3ccc(-c4cccs4)cc3)C3CC3)C2)c1)C(=O)NS(=O)(=O)C1CC1. The molecule has 10 heteroatoms. The molecule has 0 bridgehead atoms. The number of piperidine rings is 1. The summed E-state index contributed by atoms with van der Waals surface area (Å²) in [7, 11) is -3.66. The van der Waals surface area contributed by atoms with Gasteiger partial charge < -0.3 is 14.5 Å². The van der Waals surface area contributed by atoms with Gasteiger partial charge in [0.05, 0.1) is 11.2 Å². The zero-order chi connectivity index (χ0) is 30.2. The van der Waals surface area contributed by atoms with Gasteiger partial charge in [-0.2, -0.15) is 0 Å². The number of carbonyl (C=O) groups is 2. The van der Waals surface area contributed by atoms with Gasteiger partial charge in [0.25, 0.3) is 5.91 Å². The topological polar surface area (TPSA) is 96.0 Å². The fourth-order valence-corrected chi connectivity index (χ4v) is 7.79. The van der Waals surface area contributed by atoms with Crippen LogP contribution in [0.4, 0.5) is 5.69 Å². The lowest BCUT2D eigenvalue weighted by Gasteiger charge is -2.36. The summed E-state index contributed by atoms with van der Waals surface area (Å²) >= 11 is 1.73. The fourth-order valence-electron chi connectivity index (χ4n) is 5.63. The van der Waals surface area contributed by atoms with Gasteiger partial charge in [0, 0.05) is 42.3 Å². The third kappa shape index (κ3) is 7.07. The number of thiophene rings is 1. The first-order valence-electron chi connectivity index (χ1n) is 15.1. The van der Waals surface area contributed by atoms with Gasteiger partial charge in [0.15, 0.2) is 5.60 Å². The Labute approximate surface area is 258 Å². The van der Waals surface area contributed by atoms with Crippen molar-refractivity contribution in [3.05, 3.63) is 71.6 Å². The Bertz CT molecular complexity index is 1560. The maximum atomic E-state index is 13.9. The summed E-state index contributed by atoms with van der Waals surface area (Å²) < 4.78 is 32.8. The van der Waals surface area contributed by atoms with Crippen molar-refractivity contribution in [2.75, 3.05) is 18.0 Å². The third-order valence-corrected chi connectivity index (χ3v) is 11.2. The van der Waals surface area contributed by atoms with Gasteiger partial charge in [0.2, 0.25) is 15.9 Å². The Morgan fingerprint density at radius 3 is 2.47 bits per heavy atom. The molecule has 6 rings (SSSR count). The molecule has 1 N–H and O–H groups in total. The molecular weight excluding hydrogens is 583 g/mol. The summed E-state index contributed by atoms with van der Waals surface area (Å²) in [6.45, 7) is 5.20. The molecule has 3 fully saturated rings. The molecule has 1 atom stereocenters. The van der Waals surface area contributed by atoms with Crippen LogP contribution >= 0.6 is 11.3 Å². The average Bonchev–Trinajstić information content (AvgIpc) is 3.94. The Morgan fingerprint density at radius 1 is 1.02 bits per heavy atom. The standard InChI is InChI=1S/C33H39N3O5S2/c1-33(2,32(38)34-43(39,40)29-16-17-29)41-28-8-3-7-27(20-28)35-18-4-6-25(22-35)31(37)36(26-14-15-26)21-23-10-12-24(13-11-23)30-9-5-19-42-30/h3,5,7-13,19-20,25-26,29H,4,6,14-18,21-22H2,1-2H3,(H,34,38). The van der Waals surface area contributed by atoms with E-state index in [1.165, 1.54) is 10.4 Å². The molecule has 2 saturated carbocycles. The van der Waals surface area contributed by atoms with Gasteiger partial charge in [-0.3, -0.25) is 9.59 Å². The largest absolute Gasteiger partial charge is 0.478 e. The van der Waals surface area contributed by atoms with Gasteiger partial charge in [-0.25, -0.2) is 13.1 Å². The van der Waals surface area contributed by atoms with Gasteiger partial charge in [-0.15, -0.1) is 11.3 Å². The minimum absolute atomic E-state index is 0.0980. The molecule has 0 radical (unpaired) electrons. The fraction of sp³-hybridized carbons (Fsp3) is 0.455. The Hall–Kier alpha value is -3.37. The second kappa shape index (κ2) is 12.0. The van der Waals surface area contributed by atoms with Gasteiger partial charge in [0.1, 0.15) is 5.75 Å². The lowest BCUT2D eigenvalue weighted by molar-refractivity contribution is -0.137. The van der Waals surface area contributed by atoms with E-state index in [4.69, 9.17) is 4.74 Å². The van der Waals surface area contributed by atoms with E-state index >= 15 is 0 Å². The quantitative estimate of drug-likeness (QED) is 0.300.